The molecule has 38 heavy (non-hydrogen) atoms. The molecular formula is C28H35ClF3N5O. The Hall–Kier alpha value is -2.20. The van der Waals surface area contributed by atoms with Gasteiger partial charge in [-0.15, -0.1) is 0 Å². The summed E-state index contributed by atoms with van der Waals surface area (Å²) in [5.41, 5.74) is 4.46. The van der Waals surface area contributed by atoms with Crippen molar-refractivity contribution in [2.75, 3.05) is 39.4 Å². The molecular weight excluding hydrogens is 515 g/mol. The number of fused-ring (bicyclic) bond motifs is 1. The van der Waals surface area contributed by atoms with E-state index in [4.69, 9.17) is 21.4 Å². The number of nitrogens with zero attached hydrogens (tertiary/aromatic N) is 5. The molecule has 2 fully saturated rings. The van der Waals surface area contributed by atoms with E-state index in [0.29, 0.717) is 25.4 Å². The van der Waals surface area contributed by atoms with Crippen molar-refractivity contribution in [2.45, 2.75) is 57.8 Å². The number of rotatable bonds is 8. The largest absolute Gasteiger partial charge is 0.401 e. The lowest BCUT2D eigenvalue weighted by molar-refractivity contribution is -0.149. The molecule has 0 bridgehead atoms. The Morgan fingerprint density at radius 1 is 1.11 bits per heavy atom. The fourth-order valence-corrected chi connectivity index (χ4v) is 5.98. The maximum atomic E-state index is 13.5. The molecule has 1 aromatic carbocycles. The molecule has 4 heterocycles. The second-order valence-electron chi connectivity index (χ2n) is 10.7. The standard InChI is InChI=1S/C28H35ClF3N5O/c1-20-25(18-36(19-28(30,31)32)16-22-9-13-38-14-10-22)27-33-11-8-26(37(27)34-20)23-3-2-12-35(17-23)15-21-4-6-24(29)7-5-21/h4-8,11,22-23H,2-3,9-10,12-19H2,1H3. The number of likely N-dealkylation sites (tertiary alicyclic amines) is 1. The Labute approximate surface area is 226 Å². The Balaban J connectivity index is 1.35. The van der Waals surface area contributed by atoms with Gasteiger partial charge in [-0.3, -0.25) is 9.80 Å². The van der Waals surface area contributed by atoms with E-state index in [0.717, 1.165) is 67.3 Å². The first kappa shape index (κ1) is 27.4. The van der Waals surface area contributed by atoms with Gasteiger partial charge in [0.15, 0.2) is 5.65 Å². The number of alkyl halides is 3. The van der Waals surface area contributed by atoms with Crippen molar-refractivity contribution in [1.29, 1.82) is 0 Å². The van der Waals surface area contributed by atoms with Crippen LogP contribution in [-0.2, 0) is 17.8 Å². The summed E-state index contributed by atoms with van der Waals surface area (Å²) in [5, 5.41) is 5.53. The summed E-state index contributed by atoms with van der Waals surface area (Å²) in [4.78, 5) is 8.56. The van der Waals surface area contributed by atoms with Crippen LogP contribution in [0.25, 0.3) is 5.65 Å². The second kappa shape index (κ2) is 11.9. The molecule has 2 aliphatic rings. The van der Waals surface area contributed by atoms with E-state index in [1.807, 2.05) is 29.6 Å². The van der Waals surface area contributed by atoms with E-state index in [9.17, 15) is 13.2 Å². The molecule has 0 saturated carbocycles. The lowest BCUT2D eigenvalue weighted by Gasteiger charge is -2.33. The van der Waals surface area contributed by atoms with Crippen LogP contribution in [0, 0.1) is 12.8 Å². The van der Waals surface area contributed by atoms with Crippen molar-refractivity contribution >= 4 is 17.2 Å². The number of ether oxygens (including phenoxy) is 1. The fourth-order valence-electron chi connectivity index (χ4n) is 5.85. The highest BCUT2D eigenvalue weighted by Crippen LogP contribution is 2.30. The van der Waals surface area contributed by atoms with Crippen molar-refractivity contribution in [3.63, 3.8) is 0 Å². The number of aryl methyl sites for hydroxylation is 1. The van der Waals surface area contributed by atoms with Crippen LogP contribution in [-0.4, -0.2) is 70.0 Å². The summed E-state index contributed by atoms with van der Waals surface area (Å²) in [7, 11) is 0. The molecule has 0 aliphatic carbocycles. The van der Waals surface area contributed by atoms with E-state index in [2.05, 4.69) is 22.0 Å². The van der Waals surface area contributed by atoms with Gasteiger partial charge in [0.1, 0.15) is 0 Å². The predicted molar refractivity (Wildman–Crippen MR) is 141 cm³/mol. The molecule has 3 aromatic rings. The molecule has 1 atom stereocenters. The molecule has 0 N–H and O–H groups in total. The summed E-state index contributed by atoms with van der Waals surface area (Å²) >= 11 is 6.05. The highest BCUT2D eigenvalue weighted by Gasteiger charge is 2.33. The summed E-state index contributed by atoms with van der Waals surface area (Å²) in [6.45, 7) is 5.49. The second-order valence-corrected chi connectivity index (χ2v) is 11.1. The molecule has 5 rings (SSSR count). The third kappa shape index (κ3) is 6.86. The number of benzene rings is 1. The molecule has 6 nitrogen and oxygen atoms in total. The molecule has 1 unspecified atom stereocenters. The minimum atomic E-state index is -4.27. The Bertz CT molecular complexity index is 1210. The van der Waals surface area contributed by atoms with E-state index >= 15 is 0 Å². The number of hydrogen-bond donors (Lipinski definition) is 0. The van der Waals surface area contributed by atoms with Crippen LogP contribution >= 0.6 is 11.6 Å². The van der Waals surface area contributed by atoms with E-state index in [1.54, 1.807) is 6.20 Å². The smallest absolute Gasteiger partial charge is 0.381 e. The van der Waals surface area contributed by atoms with Gasteiger partial charge in [-0.25, -0.2) is 9.50 Å². The highest BCUT2D eigenvalue weighted by atomic mass is 35.5. The Morgan fingerprint density at radius 2 is 1.87 bits per heavy atom. The number of halogens is 4. The summed E-state index contributed by atoms with van der Waals surface area (Å²) < 4.78 is 47.8. The average molecular weight is 550 g/mol. The van der Waals surface area contributed by atoms with E-state index in [-0.39, 0.29) is 18.4 Å². The zero-order valence-electron chi connectivity index (χ0n) is 21.8. The zero-order valence-corrected chi connectivity index (χ0v) is 22.5. The first-order chi connectivity index (χ1) is 18.2. The van der Waals surface area contributed by atoms with Gasteiger partial charge in [-0.05, 0) is 68.8 Å². The monoisotopic (exact) mass is 549 g/mol. The number of hydrogen-bond acceptors (Lipinski definition) is 5. The van der Waals surface area contributed by atoms with Crippen molar-refractivity contribution in [1.82, 2.24) is 24.4 Å². The molecule has 2 saturated heterocycles. The van der Waals surface area contributed by atoms with Crippen molar-refractivity contribution in [2.24, 2.45) is 5.92 Å². The maximum absolute atomic E-state index is 13.5. The third-order valence-corrected chi connectivity index (χ3v) is 7.98. The summed E-state index contributed by atoms with van der Waals surface area (Å²) in [6.07, 6.45) is 1.20. The van der Waals surface area contributed by atoms with E-state index in [1.165, 1.54) is 10.5 Å². The van der Waals surface area contributed by atoms with E-state index < -0.39 is 12.7 Å². The van der Waals surface area contributed by atoms with Crippen LogP contribution in [0.15, 0.2) is 36.5 Å². The quantitative estimate of drug-likeness (QED) is 0.352. The van der Waals surface area contributed by atoms with Gasteiger partial charge < -0.3 is 4.74 Å². The van der Waals surface area contributed by atoms with Gasteiger partial charge in [-0.1, -0.05) is 23.7 Å². The van der Waals surface area contributed by atoms with Crippen LogP contribution in [0.3, 0.4) is 0 Å². The van der Waals surface area contributed by atoms with Crippen LogP contribution in [0.4, 0.5) is 13.2 Å². The molecule has 0 spiro atoms. The van der Waals surface area contributed by atoms with Crippen molar-refractivity contribution < 1.29 is 17.9 Å². The predicted octanol–water partition coefficient (Wildman–Crippen LogP) is 5.86. The van der Waals surface area contributed by atoms with Gasteiger partial charge >= 0.3 is 6.18 Å². The topological polar surface area (TPSA) is 45.9 Å². The maximum Gasteiger partial charge on any atom is 0.401 e. The van der Waals surface area contributed by atoms with Crippen LogP contribution < -0.4 is 0 Å². The lowest BCUT2D eigenvalue weighted by Crippen LogP contribution is -2.38. The van der Waals surface area contributed by atoms with Gasteiger partial charge in [0, 0.05) is 62.1 Å². The Morgan fingerprint density at radius 3 is 2.61 bits per heavy atom. The lowest BCUT2D eigenvalue weighted by atomic mass is 9.94. The van der Waals surface area contributed by atoms with Crippen LogP contribution in [0.2, 0.25) is 5.02 Å². The first-order valence-corrected chi connectivity index (χ1v) is 13.8. The number of piperidine rings is 1. The average Bonchev–Trinajstić information content (AvgIpc) is 3.20. The SMILES string of the molecule is Cc1nn2c(C3CCCN(Cc4ccc(Cl)cc4)C3)ccnc2c1CN(CC1CCOCC1)CC(F)(F)F. The van der Waals surface area contributed by atoms with Crippen LogP contribution in [0.1, 0.15) is 54.1 Å². The minimum Gasteiger partial charge on any atom is -0.381 e. The summed E-state index contributed by atoms with van der Waals surface area (Å²) in [5.74, 6) is 0.466. The molecule has 0 amide bonds. The Kier molecular flexibility index (Phi) is 8.57. The normalized spacial score (nSPS) is 20.0. The highest BCUT2D eigenvalue weighted by molar-refractivity contribution is 6.30. The van der Waals surface area contributed by atoms with Gasteiger partial charge in [0.05, 0.1) is 17.9 Å². The van der Waals surface area contributed by atoms with Crippen LogP contribution in [0.5, 0.6) is 0 Å². The van der Waals surface area contributed by atoms with Gasteiger partial charge in [-0.2, -0.15) is 18.3 Å². The minimum absolute atomic E-state index is 0.177. The number of aromatic nitrogens is 3. The first-order valence-electron chi connectivity index (χ1n) is 13.4. The van der Waals surface area contributed by atoms with Gasteiger partial charge in [0.2, 0.25) is 0 Å². The molecule has 2 aromatic heterocycles. The van der Waals surface area contributed by atoms with Gasteiger partial charge in [0.25, 0.3) is 0 Å². The molecule has 10 heteroatoms. The molecule has 0 radical (unpaired) electrons. The van der Waals surface area contributed by atoms with Crippen molar-refractivity contribution in [3.05, 3.63) is 64.1 Å². The molecule has 206 valence electrons. The zero-order chi connectivity index (χ0) is 26.7. The fraction of sp³-hybridized carbons (Fsp3) is 0.571. The van der Waals surface area contributed by atoms with Crippen molar-refractivity contribution in [3.8, 4) is 0 Å². The molecule has 2 aliphatic heterocycles. The third-order valence-electron chi connectivity index (χ3n) is 7.73. The summed E-state index contributed by atoms with van der Waals surface area (Å²) in [6, 6.07) is 9.97.